The molecule has 0 aliphatic heterocycles. The van der Waals surface area contributed by atoms with Crippen LogP contribution in [0.3, 0.4) is 0 Å². The van der Waals surface area contributed by atoms with Gasteiger partial charge in [-0.3, -0.25) is 0 Å². The van der Waals surface area contributed by atoms with Crippen molar-refractivity contribution in [2.75, 3.05) is 25.5 Å². The van der Waals surface area contributed by atoms with Gasteiger partial charge in [-0.2, -0.15) is 15.2 Å². The molecule has 0 radical (unpaired) electrons. The summed E-state index contributed by atoms with van der Waals surface area (Å²) in [6, 6.07) is 4.39. The molecule has 152 valence electrons. The van der Waals surface area contributed by atoms with Gasteiger partial charge >= 0.3 is 0 Å². The van der Waals surface area contributed by atoms with E-state index in [-0.39, 0.29) is 50.9 Å². The molecular formula is C16H13ClFN5O5S. The Morgan fingerprint density at radius 3 is 2.52 bits per heavy atom. The Kier molecular flexibility index (Phi) is 5.62. The van der Waals surface area contributed by atoms with E-state index in [9.17, 15) is 12.8 Å². The lowest BCUT2D eigenvalue weighted by Crippen LogP contribution is -2.16. The topological polar surface area (TPSA) is 139 Å². The van der Waals surface area contributed by atoms with Gasteiger partial charge in [-0.1, -0.05) is 11.6 Å². The molecule has 3 aromatic rings. The van der Waals surface area contributed by atoms with E-state index in [1.54, 1.807) is 6.07 Å². The fourth-order valence-corrected chi connectivity index (χ4v) is 3.74. The maximum absolute atomic E-state index is 14.1. The minimum absolute atomic E-state index is 0.0609. The van der Waals surface area contributed by atoms with Crippen LogP contribution in [0.25, 0.3) is 10.9 Å². The van der Waals surface area contributed by atoms with Crippen molar-refractivity contribution in [1.82, 2.24) is 15.0 Å². The molecule has 29 heavy (non-hydrogen) atoms. The number of hydrogen-bond acceptors (Lipinski definition) is 8. The number of methoxy groups -OCH3 is 2. The Labute approximate surface area is 169 Å². The maximum Gasteiger partial charge on any atom is 0.266 e. The number of ether oxygens (including phenoxy) is 3. The van der Waals surface area contributed by atoms with Crippen molar-refractivity contribution in [1.29, 1.82) is 5.26 Å². The number of aromatic nitrogens is 3. The molecule has 0 atom stereocenters. The zero-order valence-corrected chi connectivity index (χ0v) is 16.6. The van der Waals surface area contributed by atoms with Gasteiger partial charge in [0.2, 0.25) is 11.7 Å². The Bertz CT molecular complexity index is 1200. The van der Waals surface area contributed by atoms with Gasteiger partial charge in [0.1, 0.15) is 11.0 Å². The molecule has 10 nitrogen and oxygen atoms in total. The minimum Gasteiger partial charge on any atom is -0.478 e. The molecule has 2 N–H and O–H groups in total. The molecule has 0 spiro atoms. The standard InChI is InChI=1S/C16H13ClFN5O5S/c1-26-14-13(28-6-5-19)15(27-2)22-16(21-14)23-29(24,25)10-7-20-12-8(10)3-4-9(17)11(12)18/h3-4,7,20H,6H2,1-2H3,(H,21,22,23). The predicted octanol–water partition coefficient (Wildman–Crippen LogP) is 2.47. The number of halogens is 2. The number of nitrogens with zero attached hydrogens (tertiary/aromatic N) is 3. The van der Waals surface area contributed by atoms with E-state index in [4.69, 9.17) is 31.1 Å². The molecule has 1 aromatic carbocycles. The van der Waals surface area contributed by atoms with Crippen molar-refractivity contribution in [3.8, 4) is 23.6 Å². The van der Waals surface area contributed by atoms with Crippen LogP contribution in [0.2, 0.25) is 5.02 Å². The van der Waals surface area contributed by atoms with Crippen molar-refractivity contribution in [3.05, 3.63) is 29.2 Å². The number of benzene rings is 1. The first-order valence-corrected chi connectivity index (χ1v) is 9.66. The zero-order chi connectivity index (χ0) is 21.2. The SMILES string of the molecule is COc1nc(NS(=O)(=O)c2c[nH]c3c(F)c(Cl)ccc23)nc(OC)c1OCC#N. The fraction of sp³-hybridized carbons (Fsp3) is 0.188. The predicted molar refractivity (Wildman–Crippen MR) is 100 cm³/mol. The van der Waals surface area contributed by atoms with Crippen LogP contribution in [0, 0.1) is 17.1 Å². The number of H-pyrrole nitrogens is 1. The van der Waals surface area contributed by atoms with Crippen LogP contribution >= 0.6 is 11.6 Å². The van der Waals surface area contributed by atoms with Crippen LogP contribution in [0.15, 0.2) is 23.2 Å². The summed E-state index contributed by atoms with van der Waals surface area (Å²) < 4.78 is 57.2. The van der Waals surface area contributed by atoms with E-state index >= 15 is 0 Å². The van der Waals surface area contributed by atoms with Gasteiger partial charge in [0.25, 0.3) is 21.8 Å². The monoisotopic (exact) mass is 441 g/mol. The first-order valence-electron chi connectivity index (χ1n) is 7.80. The summed E-state index contributed by atoms with van der Waals surface area (Å²) >= 11 is 5.72. The van der Waals surface area contributed by atoms with E-state index < -0.39 is 15.8 Å². The van der Waals surface area contributed by atoms with E-state index in [0.717, 1.165) is 6.20 Å². The lowest BCUT2D eigenvalue weighted by atomic mass is 10.2. The van der Waals surface area contributed by atoms with Crippen LogP contribution in [0.5, 0.6) is 17.5 Å². The number of aromatic amines is 1. The van der Waals surface area contributed by atoms with Crippen LogP contribution in [-0.4, -0.2) is 44.2 Å². The quantitative estimate of drug-likeness (QED) is 0.570. The van der Waals surface area contributed by atoms with Gasteiger partial charge in [0.05, 0.1) is 24.8 Å². The summed E-state index contributed by atoms with van der Waals surface area (Å²) in [5, 5.41) is 8.60. The van der Waals surface area contributed by atoms with E-state index in [2.05, 4.69) is 19.7 Å². The molecule has 0 bridgehead atoms. The van der Waals surface area contributed by atoms with Crippen molar-refractivity contribution >= 4 is 38.5 Å². The second kappa shape index (κ2) is 7.98. The highest BCUT2D eigenvalue weighted by atomic mass is 35.5. The smallest absolute Gasteiger partial charge is 0.266 e. The van der Waals surface area contributed by atoms with Gasteiger partial charge in [-0.15, -0.1) is 0 Å². The average Bonchev–Trinajstić information content (AvgIpc) is 3.14. The summed E-state index contributed by atoms with van der Waals surface area (Å²) in [4.78, 5) is 10.1. The first-order chi connectivity index (χ1) is 13.8. The third kappa shape index (κ3) is 3.82. The summed E-state index contributed by atoms with van der Waals surface area (Å²) in [5.74, 6) is -1.53. The van der Waals surface area contributed by atoms with Crippen molar-refractivity contribution in [2.24, 2.45) is 0 Å². The molecular weight excluding hydrogens is 429 g/mol. The molecule has 3 rings (SSSR count). The van der Waals surface area contributed by atoms with E-state index in [0.29, 0.717) is 0 Å². The third-order valence-corrected chi connectivity index (χ3v) is 5.35. The molecule has 0 aliphatic carbocycles. The number of nitriles is 1. The van der Waals surface area contributed by atoms with Gasteiger partial charge in [-0.05, 0) is 12.1 Å². The molecule has 13 heteroatoms. The second-order valence-electron chi connectivity index (χ2n) is 5.38. The van der Waals surface area contributed by atoms with Gasteiger partial charge < -0.3 is 19.2 Å². The number of hydrogen-bond donors (Lipinski definition) is 2. The van der Waals surface area contributed by atoms with Crippen molar-refractivity contribution in [2.45, 2.75) is 4.90 Å². The normalized spacial score (nSPS) is 11.1. The van der Waals surface area contributed by atoms with Crippen molar-refractivity contribution in [3.63, 3.8) is 0 Å². The minimum atomic E-state index is -4.23. The zero-order valence-electron chi connectivity index (χ0n) is 15.0. The van der Waals surface area contributed by atoms with Gasteiger partial charge in [0, 0.05) is 11.6 Å². The largest absolute Gasteiger partial charge is 0.478 e. The Morgan fingerprint density at radius 2 is 1.93 bits per heavy atom. The van der Waals surface area contributed by atoms with E-state index in [1.165, 1.54) is 26.4 Å². The maximum atomic E-state index is 14.1. The molecule has 0 amide bonds. The van der Waals surface area contributed by atoms with Crippen LogP contribution < -0.4 is 18.9 Å². The highest BCUT2D eigenvalue weighted by Gasteiger charge is 2.25. The molecule has 0 aliphatic rings. The summed E-state index contributed by atoms with van der Waals surface area (Å²) in [6.45, 7) is -0.329. The Hall–Kier alpha value is -3.30. The fourth-order valence-electron chi connectivity index (χ4n) is 2.47. The number of sulfonamides is 1. The van der Waals surface area contributed by atoms with Gasteiger partial charge in [0.15, 0.2) is 12.4 Å². The average molecular weight is 442 g/mol. The highest BCUT2D eigenvalue weighted by Crippen LogP contribution is 2.36. The van der Waals surface area contributed by atoms with Gasteiger partial charge in [-0.25, -0.2) is 17.5 Å². The van der Waals surface area contributed by atoms with Crippen LogP contribution in [0.1, 0.15) is 0 Å². The summed E-state index contributed by atoms with van der Waals surface area (Å²) in [7, 11) is -1.69. The number of rotatable bonds is 7. The Balaban J connectivity index is 2.03. The number of fused-ring (bicyclic) bond motifs is 1. The Morgan fingerprint density at radius 1 is 1.28 bits per heavy atom. The molecule has 0 fully saturated rings. The lowest BCUT2D eigenvalue weighted by molar-refractivity contribution is 0.290. The summed E-state index contributed by atoms with van der Waals surface area (Å²) in [6.07, 6.45) is 1.12. The molecule has 2 heterocycles. The lowest BCUT2D eigenvalue weighted by Gasteiger charge is -2.13. The van der Waals surface area contributed by atoms with Crippen LogP contribution in [-0.2, 0) is 10.0 Å². The molecule has 2 aromatic heterocycles. The summed E-state index contributed by atoms with van der Waals surface area (Å²) in [5.41, 5.74) is -0.0609. The number of anilines is 1. The van der Waals surface area contributed by atoms with Crippen LogP contribution in [0.4, 0.5) is 10.3 Å². The molecule has 0 saturated carbocycles. The highest BCUT2D eigenvalue weighted by molar-refractivity contribution is 7.93. The van der Waals surface area contributed by atoms with Crippen molar-refractivity contribution < 1.29 is 27.0 Å². The molecule has 0 saturated heterocycles. The first kappa shape index (κ1) is 20.4. The van der Waals surface area contributed by atoms with E-state index in [1.807, 2.05) is 0 Å². The molecule has 0 unspecified atom stereocenters. The second-order valence-corrected chi connectivity index (χ2v) is 7.44. The number of nitrogens with one attached hydrogen (secondary N) is 2. The third-order valence-electron chi connectivity index (χ3n) is 3.69.